The second-order valence-electron chi connectivity index (χ2n) is 13.5. The third-order valence-corrected chi connectivity index (χ3v) is 12.5. The first kappa shape index (κ1) is 35.0. The first-order valence-corrected chi connectivity index (χ1v) is 19.4. The Bertz CT molecular complexity index is 1850. The molecule has 3 nitrogen and oxygen atoms in total. The second kappa shape index (κ2) is 14.9. The highest BCUT2D eigenvalue weighted by atomic mass is 32.1. The van der Waals surface area contributed by atoms with E-state index in [1.807, 2.05) is 6.92 Å². The van der Waals surface area contributed by atoms with Gasteiger partial charge in [-0.15, -0.1) is 11.3 Å². The molecule has 49 heavy (non-hydrogen) atoms. The minimum Gasteiger partial charge on any atom is -0.464 e. The van der Waals surface area contributed by atoms with Gasteiger partial charge in [-0.2, -0.15) is 0 Å². The van der Waals surface area contributed by atoms with Crippen LogP contribution < -0.4 is 4.74 Å². The fourth-order valence-electron chi connectivity index (χ4n) is 8.14. The largest absolute Gasteiger partial charge is 0.464 e. The SMILES string of the molecule is CCOCOc1cscc1-n1c2ccc(-c3ccc(C(CC)(CC)CC)cc3)cc2c2cc(-c3ccc(C(CC)(CC)CC)cc3)ccc21. The summed E-state index contributed by atoms with van der Waals surface area (Å²) in [5.74, 6) is 0.842. The van der Waals surface area contributed by atoms with Crippen molar-refractivity contribution in [1.82, 2.24) is 4.57 Å². The predicted molar refractivity (Wildman–Crippen MR) is 212 cm³/mol. The molecule has 0 atom stereocenters. The van der Waals surface area contributed by atoms with Gasteiger partial charge in [0.1, 0.15) is 0 Å². The van der Waals surface area contributed by atoms with Crippen LogP contribution in [0.25, 0.3) is 49.7 Å². The summed E-state index contributed by atoms with van der Waals surface area (Å²) in [6.45, 7) is 16.8. The van der Waals surface area contributed by atoms with Gasteiger partial charge in [-0.3, -0.25) is 0 Å². The molecular formula is C45H53NO2S. The number of hydrogen-bond donors (Lipinski definition) is 0. The number of fused-ring (bicyclic) bond motifs is 3. The Kier molecular flexibility index (Phi) is 10.7. The smallest absolute Gasteiger partial charge is 0.189 e. The Morgan fingerprint density at radius 3 is 1.37 bits per heavy atom. The van der Waals surface area contributed by atoms with Crippen molar-refractivity contribution in [3.8, 4) is 33.7 Å². The molecule has 0 N–H and O–H groups in total. The van der Waals surface area contributed by atoms with Gasteiger partial charge in [0, 0.05) is 28.1 Å². The second-order valence-corrected chi connectivity index (χ2v) is 14.3. The number of benzene rings is 4. The highest BCUT2D eigenvalue weighted by Crippen LogP contribution is 2.42. The minimum atomic E-state index is 0.239. The Morgan fingerprint density at radius 1 is 0.531 bits per heavy atom. The van der Waals surface area contributed by atoms with Crippen molar-refractivity contribution in [1.29, 1.82) is 0 Å². The summed E-state index contributed by atoms with van der Waals surface area (Å²) in [5, 5.41) is 6.74. The van der Waals surface area contributed by atoms with Crippen LogP contribution in [0, 0.1) is 0 Å². The summed E-state index contributed by atoms with van der Waals surface area (Å²) in [5.41, 5.74) is 11.7. The van der Waals surface area contributed by atoms with Crippen molar-refractivity contribution in [3.63, 3.8) is 0 Å². The zero-order valence-corrected chi connectivity index (χ0v) is 31.4. The van der Waals surface area contributed by atoms with Crippen LogP contribution >= 0.6 is 11.3 Å². The molecule has 0 aliphatic carbocycles. The topological polar surface area (TPSA) is 23.4 Å². The molecule has 0 fully saturated rings. The fraction of sp³-hybridized carbons (Fsp3) is 0.378. The highest BCUT2D eigenvalue weighted by molar-refractivity contribution is 7.08. The maximum absolute atomic E-state index is 6.13. The van der Waals surface area contributed by atoms with Crippen molar-refractivity contribution in [2.75, 3.05) is 13.4 Å². The molecule has 0 spiro atoms. The van der Waals surface area contributed by atoms with Gasteiger partial charge < -0.3 is 14.0 Å². The van der Waals surface area contributed by atoms with Crippen LogP contribution in [0.1, 0.15) is 98.1 Å². The fourth-order valence-corrected chi connectivity index (χ4v) is 8.87. The predicted octanol–water partition coefficient (Wildman–Crippen LogP) is 13.5. The lowest BCUT2D eigenvalue weighted by Crippen LogP contribution is -2.23. The van der Waals surface area contributed by atoms with Crippen LogP contribution in [0.3, 0.4) is 0 Å². The summed E-state index contributed by atoms with van der Waals surface area (Å²) in [6.07, 6.45) is 6.95. The van der Waals surface area contributed by atoms with Gasteiger partial charge in [-0.05, 0) is 114 Å². The monoisotopic (exact) mass is 671 g/mol. The third kappa shape index (κ3) is 6.35. The Balaban J connectivity index is 1.49. The molecule has 6 rings (SSSR count). The van der Waals surface area contributed by atoms with Crippen LogP contribution in [-0.4, -0.2) is 18.0 Å². The summed E-state index contributed by atoms with van der Waals surface area (Å²) in [4.78, 5) is 0. The van der Waals surface area contributed by atoms with E-state index in [0.717, 1.165) is 50.0 Å². The van der Waals surface area contributed by atoms with Crippen LogP contribution in [0.15, 0.2) is 95.7 Å². The Morgan fingerprint density at radius 2 is 0.959 bits per heavy atom. The van der Waals surface area contributed by atoms with Crippen molar-refractivity contribution in [3.05, 3.63) is 107 Å². The van der Waals surface area contributed by atoms with E-state index in [0.29, 0.717) is 6.61 Å². The summed E-state index contributed by atoms with van der Waals surface area (Å²) < 4.78 is 14.0. The average Bonchev–Trinajstić information content (AvgIpc) is 3.75. The molecule has 0 bridgehead atoms. The minimum absolute atomic E-state index is 0.239. The van der Waals surface area contributed by atoms with E-state index in [1.54, 1.807) is 11.3 Å². The van der Waals surface area contributed by atoms with E-state index >= 15 is 0 Å². The van der Waals surface area contributed by atoms with E-state index in [-0.39, 0.29) is 17.6 Å². The molecule has 2 heterocycles. The molecule has 4 aromatic carbocycles. The molecular weight excluding hydrogens is 619 g/mol. The van der Waals surface area contributed by atoms with E-state index in [9.17, 15) is 0 Å². The van der Waals surface area contributed by atoms with Gasteiger partial charge in [0.15, 0.2) is 12.5 Å². The first-order chi connectivity index (χ1) is 23.9. The van der Waals surface area contributed by atoms with Crippen molar-refractivity contribution in [2.24, 2.45) is 0 Å². The number of aromatic nitrogens is 1. The molecule has 0 amide bonds. The van der Waals surface area contributed by atoms with Gasteiger partial charge >= 0.3 is 0 Å². The van der Waals surface area contributed by atoms with Crippen LogP contribution in [-0.2, 0) is 15.6 Å². The lowest BCUT2D eigenvalue weighted by Gasteiger charge is -2.31. The number of nitrogens with zero attached hydrogens (tertiary/aromatic N) is 1. The number of ether oxygens (including phenoxy) is 2. The van der Waals surface area contributed by atoms with Crippen LogP contribution in [0.2, 0.25) is 0 Å². The normalized spacial score (nSPS) is 12.3. The first-order valence-electron chi connectivity index (χ1n) is 18.5. The van der Waals surface area contributed by atoms with Gasteiger partial charge in [-0.1, -0.05) is 102 Å². The lowest BCUT2D eigenvalue weighted by molar-refractivity contribution is 0.0227. The summed E-state index contributed by atoms with van der Waals surface area (Å²) in [6, 6.07) is 32.6. The van der Waals surface area contributed by atoms with Gasteiger partial charge in [0.05, 0.1) is 16.7 Å². The van der Waals surface area contributed by atoms with Crippen LogP contribution in [0.5, 0.6) is 5.75 Å². The van der Waals surface area contributed by atoms with E-state index in [2.05, 4.69) is 142 Å². The molecule has 0 aliphatic heterocycles. The molecule has 0 radical (unpaired) electrons. The molecule has 2 aromatic heterocycles. The number of thiophene rings is 1. The maximum Gasteiger partial charge on any atom is 0.189 e. The molecule has 4 heteroatoms. The molecule has 256 valence electrons. The van der Waals surface area contributed by atoms with Crippen molar-refractivity contribution >= 4 is 33.1 Å². The molecule has 6 aromatic rings. The summed E-state index contributed by atoms with van der Waals surface area (Å²) >= 11 is 1.66. The van der Waals surface area contributed by atoms with Crippen LogP contribution in [0.4, 0.5) is 0 Å². The Hall–Kier alpha value is -3.86. The maximum atomic E-state index is 6.13. The van der Waals surface area contributed by atoms with E-state index in [1.165, 1.54) is 55.2 Å². The van der Waals surface area contributed by atoms with Gasteiger partial charge in [0.25, 0.3) is 0 Å². The third-order valence-electron chi connectivity index (χ3n) is 11.8. The number of rotatable bonds is 15. The van der Waals surface area contributed by atoms with E-state index in [4.69, 9.17) is 9.47 Å². The zero-order chi connectivity index (χ0) is 34.6. The Labute approximate surface area is 297 Å². The quantitative estimate of drug-likeness (QED) is 0.0801. The standard InChI is InChI=1S/C45H53NO2S/c1-8-44(9-2,10-3)36-21-15-32(16-22-36)34-19-25-40-38(27-34)39-28-35(33-17-23-37(24-18-33)45(11-4,12-5)13-6)20-26-41(39)46(40)42-29-49-30-43(42)48-31-47-14-7/h15-30H,8-14,31H2,1-7H3. The van der Waals surface area contributed by atoms with Gasteiger partial charge in [0.2, 0.25) is 0 Å². The highest BCUT2D eigenvalue weighted by Gasteiger charge is 2.27. The molecule has 0 saturated carbocycles. The van der Waals surface area contributed by atoms with Gasteiger partial charge in [-0.25, -0.2) is 0 Å². The molecule has 0 aliphatic rings. The molecule has 0 unspecified atom stereocenters. The lowest BCUT2D eigenvalue weighted by atomic mass is 9.73. The van der Waals surface area contributed by atoms with E-state index < -0.39 is 0 Å². The summed E-state index contributed by atoms with van der Waals surface area (Å²) in [7, 11) is 0. The zero-order valence-electron chi connectivity index (χ0n) is 30.6. The van der Waals surface area contributed by atoms with Crippen molar-refractivity contribution in [2.45, 2.75) is 97.8 Å². The average molecular weight is 672 g/mol. The molecule has 0 saturated heterocycles. The number of hydrogen-bond acceptors (Lipinski definition) is 3. The van der Waals surface area contributed by atoms with Crippen molar-refractivity contribution < 1.29 is 9.47 Å².